The SMILES string of the molecule is O=C(NN1CCCCC1)c1cccc(O)c1. The molecule has 0 aliphatic carbocycles. The number of piperidine rings is 1. The van der Waals surface area contributed by atoms with Gasteiger partial charge in [0.25, 0.3) is 5.91 Å². The minimum atomic E-state index is -0.155. The van der Waals surface area contributed by atoms with Crippen molar-refractivity contribution in [2.75, 3.05) is 13.1 Å². The van der Waals surface area contributed by atoms with Gasteiger partial charge in [0.1, 0.15) is 5.75 Å². The van der Waals surface area contributed by atoms with Gasteiger partial charge in [-0.25, -0.2) is 5.01 Å². The standard InChI is InChI=1S/C12H16N2O2/c15-11-6-4-5-10(9-11)12(16)13-14-7-2-1-3-8-14/h4-6,9,15H,1-3,7-8H2,(H,13,16). The van der Waals surface area contributed by atoms with E-state index in [-0.39, 0.29) is 11.7 Å². The van der Waals surface area contributed by atoms with E-state index in [0.717, 1.165) is 25.9 Å². The van der Waals surface area contributed by atoms with Crippen molar-refractivity contribution in [1.82, 2.24) is 10.4 Å². The number of hydrazine groups is 1. The van der Waals surface area contributed by atoms with Crippen molar-refractivity contribution in [2.24, 2.45) is 0 Å². The van der Waals surface area contributed by atoms with E-state index in [1.54, 1.807) is 18.2 Å². The van der Waals surface area contributed by atoms with Crippen LogP contribution in [0.3, 0.4) is 0 Å². The topological polar surface area (TPSA) is 52.6 Å². The fourth-order valence-corrected chi connectivity index (χ4v) is 1.86. The number of nitrogens with zero attached hydrogens (tertiary/aromatic N) is 1. The first-order valence-electron chi connectivity index (χ1n) is 5.61. The maximum Gasteiger partial charge on any atom is 0.265 e. The summed E-state index contributed by atoms with van der Waals surface area (Å²) >= 11 is 0. The second-order valence-corrected chi connectivity index (χ2v) is 4.04. The molecule has 1 aromatic carbocycles. The fourth-order valence-electron chi connectivity index (χ4n) is 1.86. The van der Waals surface area contributed by atoms with E-state index >= 15 is 0 Å². The van der Waals surface area contributed by atoms with Gasteiger partial charge >= 0.3 is 0 Å². The maximum atomic E-state index is 11.8. The number of amides is 1. The normalized spacial score (nSPS) is 17.0. The average Bonchev–Trinajstić information content (AvgIpc) is 2.30. The molecular formula is C12H16N2O2. The minimum absolute atomic E-state index is 0.117. The molecule has 0 radical (unpaired) electrons. The monoisotopic (exact) mass is 220 g/mol. The van der Waals surface area contributed by atoms with E-state index in [2.05, 4.69) is 5.43 Å². The highest BCUT2D eigenvalue weighted by molar-refractivity contribution is 5.94. The lowest BCUT2D eigenvalue weighted by Gasteiger charge is -2.26. The third-order valence-corrected chi connectivity index (χ3v) is 2.72. The summed E-state index contributed by atoms with van der Waals surface area (Å²) in [6.07, 6.45) is 3.49. The number of rotatable bonds is 2. The Morgan fingerprint density at radius 3 is 2.69 bits per heavy atom. The van der Waals surface area contributed by atoms with Crippen molar-refractivity contribution in [2.45, 2.75) is 19.3 Å². The van der Waals surface area contributed by atoms with Gasteiger partial charge in [0.15, 0.2) is 0 Å². The van der Waals surface area contributed by atoms with Crippen LogP contribution in [0.1, 0.15) is 29.6 Å². The predicted octanol–water partition coefficient (Wildman–Crippen LogP) is 1.52. The maximum absolute atomic E-state index is 11.8. The first kappa shape index (κ1) is 11.0. The Bertz CT molecular complexity index is 373. The molecule has 1 amide bonds. The van der Waals surface area contributed by atoms with Crippen molar-refractivity contribution >= 4 is 5.91 Å². The Hall–Kier alpha value is -1.55. The zero-order valence-electron chi connectivity index (χ0n) is 9.15. The number of phenolic OH excluding ortho intramolecular Hbond substituents is 1. The molecule has 0 saturated carbocycles. The Balaban J connectivity index is 1.97. The van der Waals surface area contributed by atoms with Crippen molar-refractivity contribution in [1.29, 1.82) is 0 Å². The molecule has 1 aliphatic rings. The number of carbonyl (C=O) groups is 1. The second kappa shape index (κ2) is 4.99. The van der Waals surface area contributed by atoms with Gasteiger partial charge < -0.3 is 5.11 Å². The average molecular weight is 220 g/mol. The molecule has 1 aromatic rings. The highest BCUT2D eigenvalue weighted by atomic mass is 16.3. The van der Waals surface area contributed by atoms with Crippen LogP contribution in [0.5, 0.6) is 5.75 Å². The second-order valence-electron chi connectivity index (χ2n) is 4.04. The summed E-state index contributed by atoms with van der Waals surface area (Å²) < 4.78 is 0. The fraction of sp³-hybridized carbons (Fsp3) is 0.417. The summed E-state index contributed by atoms with van der Waals surface area (Å²) in [6.45, 7) is 1.81. The number of benzene rings is 1. The van der Waals surface area contributed by atoms with Gasteiger partial charge in [-0.15, -0.1) is 0 Å². The van der Waals surface area contributed by atoms with Gasteiger partial charge in [0.2, 0.25) is 0 Å². The highest BCUT2D eigenvalue weighted by Crippen LogP contribution is 2.11. The van der Waals surface area contributed by atoms with Crippen LogP contribution in [0, 0.1) is 0 Å². The molecule has 16 heavy (non-hydrogen) atoms. The molecular weight excluding hydrogens is 204 g/mol. The molecule has 1 fully saturated rings. The van der Waals surface area contributed by atoms with Gasteiger partial charge in [-0.3, -0.25) is 10.2 Å². The summed E-state index contributed by atoms with van der Waals surface area (Å²) in [5, 5.41) is 11.2. The lowest BCUT2D eigenvalue weighted by Crippen LogP contribution is -2.45. The molecule has 0 aromatic heterocycles. The molecule has 2 rings (SSSR count). The summed E-state index contributed by atoms with van der Waals surface area (Å²) in [5.74, 6) is -0.0379. The molecule has 0 unspecified atom stereocenters. The molecule has 0 atom stereocenters. The smallest absolute Gasteiger partial charge is 0.265 e. The third-order valence-electron chi connectivity index (χ3n) is 2.72. The van der Waals surface area contributed by atoms with Crippen molar-refractivity contribution in [3.05, 3.63) is 29.8 Å². The molecule has 4 heteroatoms. The summed E-state index contributed by atoms with van der Waals surface area (Å²) in [7, 11) is 0. The van der Waals surface area contributed by atoms with Gasteiger partial charge in [-0.1, -0.05) is 12.5 Å². The summed E-state index contributed by atoms with van der Waals surface area (Å²) in [5.41, 5.74) is 3.34. The Kier molecular flexibility index (Phi) is 3.41. The van der Waals surface area contributed by atoms with Gasteiger partial charge in [-0.2, -0.15) is 0 Å². The minimum Gasteiger partial charge on any atom is -0.508 e. The number of hydrogen-bond donors (Lipinski definition) is 2. The van der Waals surface area contributed by atoms with Crippen LogP contribution in [-0.4, -0.2) is 29.1 Å². The van der Waals surface area contributed by atoms with Crippen LogP contribution in [0.15, 0.2) is 24.3 Å². The van der Waals surface area contributed by atoms with Gasteiger partial charge in [0, 0.05) is 18.7 Å². The van der Waals surface area contributed by atoms with E-state index in [9.17, 15) is 9.90 Å². The Labute approximate surface area is 94.9 Å². The van der Waals surface area contributed by atoms with E-state index < -0.39 is 0 Å². The first-order chi connectivity index (χ1) is 7.75. The van der Waals surface area contributed by atoms with Crippen LogP contribution < -0.4 is 5.43 Å². The molecule has 2 N–H and O–H groups in total. The molecule has 1 saturated heterocycles. The van der Waals surface area contributed by atoms with Crippen molar-refractivity contribution < 1.29 is 9.90 Å². The highest BCUT2D eigenvalue weighted by Gasteiger charge is 2.13. The number of carbonyl (C=O) groups excluding carboxylic acids is 1. The van der Waals surface area contributed by atoms with E-state index in [0.29, 0.717) is 5.56 Å². The quantitative estimate of drug-likeness (QED) is 0.794. The molecule has 1 heterocycles. The van der Waals surface area contributed by atoms with E-state index in [1.807, 2.05) is 5.01 Å². The van der Waals surface area contributed by atoms with Crippen LogP contribution in [0.4, 0.5) is 0 Å². The predicted molar refractivity (Wildman–Crippen MR) is 61.0 cm³/mol. The molecule has 1 aliphatic heterocycles. The van der Waals surface area contributed by atoms with Crippen molar-refractivity contribution in [3.8, 4) is 5.75 Å². The Morgan fingerprint density at radius 1 is 1.25 bits per heavy atom. The zero-order chi connectivity index (χ0) is 11.4. The lowest BCUT2D eigenvalue weighted by molar-refractivity contribution is 0.0749. The third kappa shape index (κ3) is 2.73. The lowest BCUT2D eigenvalue weighted by atomic mass is 10.1. The van der Waals surface area contributed by atoms with Crippen molar-refractivity contribution in [3.63, 3.8) is 0 Å². The van der Waals surface area contributed by atoms with Gasteiger partial charge in [-0.05, 0) is 31.0 Å². The number of aromatic hydroxyl groups is 1. The molecule has 86 valence electrons. The largest absolute Gasteiger partial charge is 0.508 e. The number of nitrogens with one attached hydrogen (secondary N) is 1. The number of hydrogen-bond acceptors (Lipinski definition) is 3. The van der Waals surface area contributed by atoms with Crippen LogP contribution in [-0.2, 0) is 0 Å². The van der Waals surface area contributed by atoms with Gasteiger partial charge in [0.05, 0.1) is 0 Å². The molecule has 0 spiro atoms. The van der Waals surface area contributed by atoms with Crippen LogP contribution in [0.25, 0.3) is 0 Å². The van der Waals surface area contributed by atoms with E-state index in [1.165, 1.54) is 12.5 Å². The summed E-state index contributed by atoms with van der Waals surface area (Å²) in [4.78, 5) is 11.8. The number of phenols is 1. The molecule has 0 bridgehead atoms. The van der Waals surface area contributed by atoms with E-state index in [4.69, 9.17) is 0 Å². The molecule has 4 nitrogen and oxygen atoms in total. The summed E-state index contributed by atoms with van der Waals surface area (Å²) in [6, 6.07) is 6.39. The van der Waals surface area contributed by atoms with Crippen LogP contribution >= 0.6 is 0 Å². The van der Waals surface area contributed by atoms with Crippen LogP contribution in [0.2, 0.25) is 0 Å². The zero-order valence-corrected chi connectivity index (χ0v) is 9.15. The Morgan fingerprint density at radius 2 is 2.00 bits per heavy atom. The first-order valence-corrected chi connectivity index (χ1v) is 5.61.